The molecule has 0 saturated carbocycles. The molecule has 1 amide bonds. The number of carbonyl (C=O) groups is 2. The van der Waals surface area contributed by atoms with Crippen LogP contribution in [0.25, 0.3) is 11.0 Å². The van der Waals surface area contributed by atoms with E-state index in [0.29, 0.717) is 18.0 Å². The predicted molar refractivity (Wildman–Crippen MR) is 114 cm³/mol. The molecule has 7 nitrogen and oxygen atoms in total. The van der Waals surface area contributed by atoms with E-state index >= 15 is 0 Å². The molecule has 7 heteroatoms. The molecule has 4 rings (SSSR count). The van der Waals surface area contributed by atoms with Crippen molar-refractivity contribution in [2.45, 2.75) is 32.2 Å². The quantitative estimate of drug-likeness (QED) is 0.558. The second-order valence-corrected chi connectivity index (χ2v) is 7.45. The smallest absolute Gasteiger partial charge is 0.344 e. The number of aryl methyl sites for hydroxylation is 2. The summed E-state index contributed by atoms with van der Waals surface area (Å²) in [6.45, 7) is -0.311. The molecule has 1 heterocycles. The predicted octanol–water partition coefficient (Wildman–Crippen LogP) is 3.56. The molecular formula is C24H25NO6. The van der Waals surface area contributed by atoms with E-state index in [4.69, 9.17) is 18.6 Å². The third-order valence-electron chi connectivity index (χ3n) is 5.27. The van der Waals surface area contributed by atoms with E-state index in [9.17, 15) is 9.59 Å². The Kier molecular flexibility index (Phi) is 6.40. The van der Waals surface area contributed by atoms with Crippen LogP contribution in [0.15, 0.2) is 46.9 Å². The van der Waals surface area contributed by atoms with Crippen LogP contribution in [0.2, 0.25) is 0 Å². The SMILES string of the molecule is COc1cccc(CNC(=O)COC(=O)COc2ccc3oc4c(c3c2)CCCC4)c1. The van der Waals surface area contributed by atoms with Crippen LogP contribution < -0.4 is 14.8 Å². The maximum Gasteiger partial charge on any atom is 0.344 e. The zero-order valence-electron chi connectivity index (χ0n) is 17.4. The molecule has 0 atom stereocenters. The van der Waals surface area contributed by atoms with Gasteiger partial charge < -0.3 is 23.9 Å². The summed E-state index contributed by atoms with van der Waals surface area (Å²) in [4.78, 5) is 23.9. The van der Waals surface area contributed by atoms with E-state index in [1.54, 1.807) is 13.2 Å². The monoisotopic (exact) mass is 423 g/mol. The maximum absolute atomic E-state index is 12.0. The van der Waals surface area contributed by atoms with Crippen molar-refractivity contribution in [1.29, 1.82) is 0 Å². The van der Waals surface area contributed by atoms with Gasteiger partial charge in [-0.2, -0.15) is 0 Å². The Labute approximate surface area is 180 Å². The highest BCUT2D eigenvalue weighted by Gasteiger charge is 2.18. The van der Waals surface area contributed by atoms with Gasteiger partial charge in [-0.15, -0.1) is 0 Å². The number of fused-ring (bicyclic) bond motifs is 3. The number of ether oxygens (including phenoxy) is 3. The van der Waals surface area contributed by atoms with Crippen molar-refractivity contribution in [3.8, 4) is 11.5 Å². The van der Waals surface area contributed by atoms with Crippen LogP contribution in [0.4, 0.5) is 0 Å². The molecule has 0 spiro atoms. The lowest BCUT2D eigenvalue weighted by Gasteiger charge is -2.10. The van der Waals surface area contributed by atoms with Gasteiger partial charge in [0.2, 0.25) is 0 Å². The van der Waals surface area contributed by atoms with E-state index in [-0.39, 0.29) is 19.1 Å². The van der Waals surface area contributed by atoms with E-state index in [1.165, 1.54) is 5.56 Å². The highest BCUT2D eigenvalue weighted by atomic mass is 16.6. The molecule has 2 aromatic carbocycles. The van der Waals surface area contributed by atoms with Crippen molar-refractivity contribution in [1.82, 2.24) is 5.32 Å². The second-order valence-electron chi connectivity index (χ2n) is 7.45. The van der Waals surface area contributed by atoms with Gasteiger partial charge >= 0.3 is 5.97 Å². The highest BCUT2D eigenvalue weighted by molar-refractivity contribution is 5.84. The van der Waals surface area contributed by atoms with Crippen molar-refractivity contribution in [2.24, 2.45) is 0 Å². The highest BCUT2D eigenvalue weighted by Crippen LogP contribution is 2.33. The lowest BCUT2D eigenvalue weighted by Crippen LogP contribution is -2.29. The first-order valence-corrected chi connectivity index (χ1v) is 10.3. The minimum Gasteiger partial charge on any atom is -0.497 e. The van der Waals surface area contributed by atoms with Gasteiger partial charge in [-0.1, -0.05) is 12.1 Å². The molecule has 1 aliphatic carbocycles. The third kappa shape index (κ3) is 5.17. The molecule has 0 fully saturated rings. The number of hydrogen-bond donors (Lipinski definition) is 1. The van der Waals surface area contributed by atoms with Gasteiger partial charge in [0.25, 0.3) is 5.91 Å². The van der Waals surface area contributed by atoms with Gasteiger partial charge in [-0.25, -0.2) is 4.79 Å². The molecular weight excluding hydrogens is 398 g/mol. The molecule has 1 aliphatic rings. The number of methoxy groups -OCH3 is 1. The summed E-state index contributed by atoms with van der Waals surface area (Å²) in [5.74, 6) is 1.34. The molecule has 0 radical (unpaired) electrons. The van der Waals surface area contributed by atoms with Crippen molar-refractivity contribution >= 4 is 22.8 Å². The number of benzene rings is 2. The van der Waals surface area contributed by atoms with Crippen LogP contribution in [-0.2, 0) is 33.7 Å². The van der Waals surface area contributed by atoms with Gasteiger partial charge in [-0.3, -0.25) is 4.79 Å². The van der Waals surface area contributed by atoms with Crippen LogP contribution >= 0.6 is 0 Å². The Morgan fingerprint density at radius 3 is 2.77 bits per heavy atom. The molecule has 1 aromatic heterocycles. The van der Waals surface area contributed by atoms with E-state index in [1.807, 2.05) is 36.4 Å². The standard InChI is InChI=1S/C24H25NO6/c1-28-17-6-4-5-16(11-17)13-25-23(26)14-30-24(27)15-29-18-9-10-22-20(12-18)19-7-2-3-8-21(19)31-22/h4-6,9-12H,2-3,7-8,13-15H2,1H3,(H,25,26). The zero-order chi connectivity index (χ0) is 21.6. The topological polar surface area (TPSA) is 87.0 Å². The first kappa shape index (κ1) is 20.8. The number of esters is 1. The number of carbonyl (C=O) groups excluding carboxylic acids is 2. The van der Waals surface area contributed by atoms with Crippen LogP contribution in [0, 0.1) is 0 Å². The zero-order valence-corrected chi connectivity index (χ0v) is 17.4. The lowest BCUT2D eigenvalue weighted by atomic mass is 9.96. The van der Waals surface area contributed by atoms with Gasteiger partial charge in [0, 0.05) is 23.9 Å². The van der Waals surface area contributed by atoms with Gasteiger partial charge in [0.05, 0.1) is 7.11 Å². The minimum absolute atomic E-state index is 0.269. The number of amides is 1. The maximum atomic E-state index is 12.0. The molecule has 0 unspecified atom stereocenters. The lowest BCUT2D eigenvalue weighted by molar-refractivity contribution is -0.150. The third-order valence-corrected chi connectivity index (χ3v) is 5.27. The van der Waals surface area contributed by atoms with Crippen molar-refractivity contribution in [3.05, 3.63) is 59.4 Å². The number of rotatable bonds is 8. The van der Waals surface area contributed by atoms with Gasteiger partial charge in [-0.05, 0) is 55.2 Å². The van der Waals surface area contributed by atoms with E-state index in [2.05, 4.69) is 5.32 Å². The van der Waals surface area contributed by atoms with Crippen LogP contribution in [0.5, 0.6) is 11.5 Å². The molecule has 1 N–H and O–H groups in total. The average molecular weight is 423 g/mol. The fraction of sp³-hybridized carbons (Fsp3) is 0.333. The molecule has 0 bridgehead atoms. The summed E-state index contributed by atoms with van der Waals surface area (Å²) in [5, 5.41) is 3.74. The molecule has 0 aliphatic heterocycles. The Balaban J connectivity index is 1.23. The molecule has 31 heavy (non-hydrogen) atoms. The Bertz CT molecular complexity index is 1090. The summed E-state index contributed by atoms with van der Waals surface area (Å²) in [7, 11) is 1.58. The van der Waals surface area contributed by atoms with Crippen LogP contribution in [0.1, 0.15) is 29.7 Å². The van der Waals surface area contributed by atoms with Gasteiger partial charge in [0.1, 0.15) is 22.8 Å². The summed E-state index contributed by atoms with van der Waals surface area (Å²) < 4.78 is 21.6. The summed E-state index contributed by atoms with van der Waals surface area (Å²) in [6.07, 6.45) is 4.26. The molecule has 0 saturated heterocycles. The Morgan fingerprint density at radius 2 is 1.90 bits per heavy atom. The first-order chi connectivity index (χ1) is 15.1. The fourth-order valence-electron chi connectivity index (χ4n) is 3.70. The summed E-state index contributed by atoms with van der Waals surface area (Å²) >= 11 is 0. The van der Waals surface area contributed by atoms with E-state index < -0.39 is 5.97 Å². The number of hydrogen-bond acceptors (Lipinski definition) is 6. The van der Waals surface area contributed by atoms with E-state index in [0.717, 1.165) is 48.0 Å². The fourth-order valence-corrected chi connectivity index (χ4v) is 3.70. The molecule has 3 aromatic rings. The van der Waals surface area contributed by atoms with Crippen molar-refractivity contribution in [2.75, 3.05) is 20.3 Å². The second kappa shape index (κ2) is 9.55. The largest absolute Gasteiger partial charge is 0.497 e. The minimum atomic E-state index is -0.606. The first-order valence-electron chi connectivity index (χ1n) is 10.3. The van der Waals surface area contributed by atoms with Crippen LogP contribution in [0.3, 0.4) is 0 Å². The van der Waals surface area contributed by atoms with Crippen molar-refractivity contribution in [3.63, 3.8) is 0 Å². The Morgan fingerprint density at radius 1 is 1.03 bits per heavy atom. The number of furan rings is 1. The summed E-state index contributed by atoms with van der Waals surface area (Å²) in [6, 6.07) is 12.9. The van der Waals surface area contributed by atoms with Gasteiger partial charge in [0.15, 0.2) is 13.2 Å². The van der Waals surface area contributed by atoms with Crippen LogP contribution in [-0.4, -0.2) is 32.2 Å². The Hall–Kier alpha value is -3.48. The molecule has 162 valence electrons. The average Bonchev–Trinajstić information content (AvgIpc) is 3.18. The van der Waals surface area contributed by atoms with Crippen molar-refractivity contribution < 1.29 is 28.2 Å². The normalized spacial score (nSPS) is 12.8. The summed E-state index contributed by atoms with van der Waals surface area (Å²) in [5.41, 5.74) is 2.97. The number of nitrogens with one attached hydrogen (secondary N) is 1.